The fourth-order valence-electron chi connectivity index (χ4n) is 3.34. The van der Waals surface area contributed by atoms with Gasteiger partial charge in [-0.2, -0.15) is 4.98 Å². The molecule has 3 rings (SSSR count). The van der Waals surface area contributed by atoms with Crippen molar-refractivity contribution in [1.82, 2.24) is 19.7 Å². The van der Waals surface area contributed by atoms with E-state index in [4.69, 9.17) is 20.2 Å². The van der Waals surface area contributed by atoms with Crippen LogP contribution in [0.5, 0.6) is 0 Å². The van der Waals surface area contributed by atoms with Gasteiger partial charge in [0.1, 0.15) is 10.8 Å². The molecule has 44 heavy (non-hydrogen) atoms. The van der Waals surface area contributed by atoms with Crippen LogP contribution in [0.1, 0.15) is 83.2 Å². The predicted octanol–water partition coefficient (Wildman–Crippen LogP) is 7.64. The SMILES string of the molecule is C=C/C=C\c1cnc(-c2c(C)nc(NCc3cccs3)nc2NCCC(CC)CNS(C)=O)s1.CC.CC(C)(O)O.CCC. The third-order valence-corrected chi connectivity index (χ3v) is 7.65. The zero-order valence-corrected chi connectivity index (χ0v) is 30.4. The lowest BCUT2D eigenvalue weighted by atomic mass is 10.0. The van der Waals surface area contributed by atoms with Gasteiger partial charge in [0.05, 0.1) is 28.8 Å². The minimum atomic E-state index is -1.50. The van der Waals surface area contributed by atoms with Crippen LogP contribution in [0.2, 0.25) is 0 Å². The van der Waals surface area contributed by atoms with Crippen LogP contribution >= 0.6 is 22.7 Å². The number of nitrogens with zero attached hydrogens (tertiary/aromatic N) is 3. The second-order valence-corrected chi connectivity index (χ2v) is 13.2. The number of nitrogens with one attached hydrogen (secondary N) is 3. The van der Waals surface area contributed by atoms with E-state index < -0.39 is 16.8 Å². The summed E-state index contributed by atoms with van der Waals surface area (Å²) in [6, 6.07) is 4.13. The third-order valence-electron chi connectivity index (χ3n) is 5.22. The van der Waals surface area contributed by atoms with Gasteiger partial charge < -0.3 is 20.8 Å². The maximum Gasteiger partial charge on any atom is 0.225 e. The molecule has 0 aliphatic carbocycles. The van der Waals surface area contributed by atoms with Gasteiger partial charge in [0.15, 0.2) is 5.79 Å². The first kappa shape index (κ1) is 41.5. The Morgan fingerprint density at radius 3 is 2.36 bits per heavy atom. The first-order chi connectivity index (χ1) is 20.9. The topological polar surface area (TPSA) is 132 Å². The number of thiophene rings is 1. The number of thiazole rings is 1. The summed E-state index contributed by atoms with van der Waals surface area (Å²) in [4.78, 5) is 16.4. The standard InChI is InChI=1S/C24H32N6OS3.C3H8O2.C3H8.C2H6/c1-5-7-9-20-16-26-23(33-20)21-17(3)29-24(27-15-19-10-8-13-32-19)30-22(21)25-12-11-18(6-2)14-28-34(4)31;1-3(2,4)5;1-3-2;1-2/h5,7-10,13,16,18,28H,1,6,11-12,14-15H2,2-4H3,(H2,25,27,29,30);4-5H,1-2H3;3H2,1-2H3;1-2H3/b9-7-;;;. The molecule has 248 valence electrons. The Morgan fingerprint density at radius 2 is 1.82 bits per heavy atom. The molecule has 12 heteroatoms. The highest BCUT2D eigenvalue weighted by molar-refractivity contribution is 7.82. The first-order valence-electron chi connectivity index (χ1n) is 15.1. The summed E-state index contributed by atoms with van der Waals surface area (Å²) in [6.45, 7) is 20.9. The van der Waals surface area contributed by atoms with Crippen molar-refractivity contribution >= 4 is 51.5 Å². The summed E-state index contributed by atoms with van der Waals surface area (Å²) in [7, 11) is -0.997. The number of aromatic nitrogens is 3. The lowest BCUT2D eigenvalue weighted by Gasteiger charge is -2.17. The van der Waals surface area contributed by atoms with Crippen molar-refractivity contribution in [3.8, 4) is 10.6 Å². The highest BCUT2D eigenvalue weighted by Gasteiger charge is 2.17. The molecule has 3 heterocycles. The van der Waals surface area contributed by atoms with E-state index in [1.165, 1.54) is 25.1 Å². The van der Waals surface area contributed by atoms with Crippen LogP contribution in [0.15, 0.2) is 42.4 Å². The number of hydrogen-bond donors (Lipinski definition) is 5. The van der Waals surface area contributed by atoms with E-state index in [9.17, 15) is 4.21 Å². The maximum atomic E-state index is 11.4. The molecule has 2 unspecified atom stereocenters. The van der Waals surface area contributed by atoms with Gasteiger partial charge in [0.25, 0.3) is 0 Å². The largest absolute Gasteiger partial charge is 0.369 e. The number of aliphatic hydroxyl groups is 2. The van der Waals surface area contributed by atoms with Crippen LogP contribution in [0.25, 0.3) is 16.6 Å². The Morgan fingerprint density at radius 1 is 1.16 bits per heavy atom. The molecule has 0 aromatic carbocycles. The van der Waals surface area contributed by atoms with Crippen LogP contribution in [0.4, 0.5) is 11.8 Å². The van der Waals surface area contributed by atoms with Crippen molar-refractivity contribution in [3.05, 3.63) is 57.9 Å². The first-order valence-corrected chi connectivity index (χ1v) is 18.3. The van der Waals surface area contributed by atoms with Gasteiger partial charge in [-0.3, -0.25) is 0 Å². The smallest absolute Gasteiger partial charge is 0.225 e. The molecule has 0 spiro atoms. The van der Waals surface area contributed by atoms with E-state index in [1.54, 1.807) is 35.0 Å². The van der Waals surface area contributed by atoms with E-state index in [-0.39, 0.29) is 0 Å². The second-order valence-electron chi connectivity index (χ2n) is 9.95. The average Bonchev–Trinajstić information content (AvgIpc) is 3.65. The number of aryl methyl sites for hydroxylation is 1. The number of anilines is 2. The van der Waals surface area contributed by atoms with E-state index in [1.807, 2.05) is 45.2 Å². The summed E-state index contributed by atoms with van der Waals surface area (Å²) in [6.07, 6.45) is 12.4. The minimum Gasteiger partial charge on any atom is -0.369 e. The van der Waals surface area contributed by atoms with Crippen molar-refractivity contribution in [2.45, 2.75) is 87.0 Å². The second kappa shape index (κ2) is 23.8. The van der Waals surface area contributed by atoms with Crippen molar-refractivity contribution < 1.29 is 14.4 Å². The van der Waals surface area contributed by atoms with Gasteiger partial charge in [0, 0.05) is 35.3 Å². The van der Waals surface area contributed by atoms with Crippen molar-refractivity contribution in [2.75, 3.05) is 30.0 Å². The molecule has 0 saturated carbocycles. The molecule has 0 fully saturated rings. The maximum absolute atomic E-state index is 11.4. The van der Waals surface area contributed by atoms with Gasteiger partial charge in [-0.15, -0.1) is 22.7 Å². The highest BCUT2D eigenvalue weighted by Crippen LogP contribution is 2.34. The minimum absolute atomic E-state index is 0.426. The Hall–Kier alpha value is -2.48. The molecule has 3 aromatic rings. The Kier molecular flexibility index (Phi) is 22.5. The zero-order chi connectivity index (χ0) is 33.5. The Balaban J connectivity index is 0.00000162. The molecule has 2 atom stereocenters. The third kappa shape index (κ3) is 19.0. The molecule has 0 aliphatic heterocycles. The molecule has 0 radical (unpaired) electrons. The van der Waals surface area contributed by atoms with Crippen LogP contribution < -0.4 is 15.4 Å². The quantitative estimate of drug-likeness (QED) is 0.0876. The summed E-state index contributed by atoms with van der Waals surface area (Å²) in [5.41, 5.74) is 1.79. The van der Waals surface area contributed by atoms with Gasteiger partial charge >= 0.3 is 0 Å². The molecular formula is C32H54N6O3S3. The number of allylic oxidation sites excluding steroid dienone is 2. The van der Waals surface area contributed by atoms with Crippen LogP contribution in [0, 0.1) is 12.8 Å². The van der Waals surface area contributed by atoms with Gasteiger partial charge in [-0.05, 0) is 50.6 Å². The molecule has 5 N–H and O–H groups in total. The highest BCUT2D eigenvalue weighted by atomic mass is 32.2. The van der Waals surface area contributed by atoms with Gasteiger partial charge in [-0.25, -0.2) is 18.9 Å². The number of rotatable bonds is 14. The van der Waals surface area contributed by atoms with Crippen LogP contribution in [-0.2, 0) is 17.5 Å². The molecular weight excluding hydrogens is 613 g/mol. The van der Waals surface area contributed by atoms with E-state index >= 15 is 0 Å². The average molecular weight is 667 g/mol. The van der Waals surface area contributed by atoms with E-state index in [2.05, 4.69) is 59.1 Å². The molecule has 3 aromatic heterocycles. The van der Waals surface area contributed by atoms with Crippen molar-refractivity contribution in [3.63, 3.8) is 0 Å². The Bertz CT molecular complexity index is 1220. The lowest BCUT2D eigenvalue weighted by Crippen LogP contribution is -2.25. The van der Waals surface area contributed by atoms with Gasteiger partial charge in [-0.1, -0.05) is 72.3 Å². The van der Waals surface area contributed by atoms with E-state index in [0.29, 0.717) is 18.4 Å². The lowest BCUT2D eigenvalue weighted by molar-refractivity contribution is -0.127. The van der Waals surface area contributed by atoms with Gasteiger partial charge in [0.2, 0.25) is 5.95 Å². The normalized spacial score (nSPS) is 12.1. The monoisotopic (exact) mass is 666 g/mol. The fourth-order valence-corrected chi connectivity index (χ4v) is 5.38. The van der Waals surface area contributed by atoms with Crippen molar-refractivity contribution in [2.24, 2.45) is 5.92 Å². The zero-order valence-electron chi connectivity index (χ0n) is 27.9. The molecule has 0 saturated heterocycles. The van der Waals surface area contributed by atoms with Crippen LogP contribution in [-0.4, -0.2) is 54.5 Å². The fraction of sp³-hybridized carbons (Fsp3) is 0.531. The van der Waals surface area contributed by atoms with Crippen molar-refractivity contribution in [1.29, 1.82) is 0 Å². The summed E-state index contributed by atoms with van der Waals surface area (Å²) in [5, 5.41) is 26.0. The van der Waals surface area contributed by atoms with Crippen LogP contribution in [0.3, 0.4) is 0 Å². The molecule has 0 aliphatic rings. The Labute approximate surface area is 276 Å². The summed E-state index contributed by atoms with van der Waals surface area (Å²) >= 11 is 3.30. The predicted molar refractivity (Wildman–Crippen MR) is 194 cm³/mol. The molecule has 9 nitrogen and oxygen atoms in total. The summed E-state index contributed by atoms with van der Waals surface area (Å²) < 4.78 is 14.4. The molecule has 0 amide bonds. The summed E-state index contributed by atoms with van der Waals surface area (Å²) in [5.74, 6) is 0.293. The number of hydrogen-bond acceptors (Lipinski definition) is 10. The van der Waals surface area contributed by atoms with E-state index in [0.717, 1.165) is 52.9 Å². The molecule has 0 bridgehead atoms.